The van der Waals surface area contributed by atoms with Gasteiger partial charge < -0.3 is 0 Å². The van der Waals surface area contributed by atoms with Crippen LogP contribution in [0.3, 0.4) is 0 Å². The number of rotatable bonds is 4. The number of hydrogen-bond acceptors (Lipinski definition) is 1. The predicted octanol–water partition coefficient (Wildman–Crippen LogP) is 9.12. The average Bonchev–Trinajstić information content (AvgIpc) is 2.73. The SMILES string of the molecule is CC(=O)c1ccc(-c2ccccc2)cc1.Cc1ccc(C(CC(C)(C)C)C(C)(C)C)cc1. The zero-order valence-electron chi connectivity index (χ0n) is 21.2. The molecule has 1 nitrogen and oxygen atoms in total. The van der Waals surface area contributed by atoms with Crippen LogP contribution in [-0.4, -0.2) is 5.78 Å². The quantitative estimate of drug-likeness (QED) is 0.379. The Morgan fingerprint density at radius 1 is 0.719 bits per heavy atom. The molecule has 3 aromatic rings. The monoisotopic (exact) mass is 428 g/mol. The number of ketones is 1. The van der Waals surface area contributed by atoms with Crippen LogP contribution in [-0.2, 0) is 0 Å². The summed E-state index contributed by atoms with van der Waals surface area (Å²) in [4.78, 5) is 11.1. The Kier molecular flexibility index (Phi) is 8.61. The molecule has 0 saturated carbocycles. The normalized spacial score (nSPS) is 12.5. The van der Waals surface area contributed by atoms with Gasteiger partial charge in [-0.2, -0.15) is 0 Å². The fourth-order valence-electron chi connectivity index (χ4n) is 3.86. The van der Waals surface area contributed by atoms with Crippen LogP contribution in [0.25, 0.3) is 11.1 Å². The molecule has 170 valence electrons. The van der Waals surface area contributed by atoms with Crippen molar-refractivity contribution in [2.75, 3.05) is 0 Å². The van der Waals surface area contributed by atoms with E-state index >= 15 is 0 Å². The average molecular weight is 429 g/mol. The summed E-state index contributed by atoms with van der Waals surface area (Å²) >= 11 is 0. The standard InChI is InChI=1S/C17H28.C14H12O/c1-13-8-10-14(11-9-13)15(17(5,6)7)12-16(2,3)4;1-11(15)12-7-9-14(10-8-12)13-5-3-2-4-6-13/h8-11,15H,12H2,1-7H3;2-10H,1H3. The number of carbonyl (C=O) groups is 1. The fraction of sp³-hybridized carbons (Fsp3) is 0.387. The Hall–Kier alpha value is -2.67. The second-order valence-electron chi connectivity index (χ2n) is 11.1. The van der Waals surface area contributed by atoms with Crippen molar-refractivity contribution in [1.29, 1.82) is 0 Å². The summed E-state index contributed by atoms with van der Waals surface area (Å²) in [6.45, 7) is 17.8. The lowest BCUT2D eigenvalue weighted by Gasteiger charge is -2.36. The molecule has 0 aliphatic rings. The van der Waals surface area contributed by atoms with Gasteiger partial charge in [-0.1, -0.05) is 126 Å². The first-order valence-corrected chi connectivity index (χ1v) is 11.6. The summed E-state index contributed by atoms with van der Waals surface area (Å²) in [6.07, 6.45) is 1.24. The number of aryl methyl sites for hydroxylation is 1. The molecule has 0 heterocycles. The van der Waals surface area contributed by atoms with Crippen molar-refractivity contribution >= 4 is 5.78 Å². The van der Waals surface area contributed by atoms with Crippen LogP contribution in [0.5, 0.6) is 0 Å². The molecular formula is C31H40O. The number of carbonyl (C=O) groups excluding carboxylic acids is 1. The molecule has 0 radical (unpaired) electrons. The molecule has 1 atom stereocenters. The maximum absolute atomic E-state index is 11.1. The van der Waals surface area contributed by atoms with E-state index in [1.165, 1.54) is 23.1 Å². The molecule has 0 saturated heterocycles. The van der Waals surface area contributed by atoms with Crippen molar-refractivity contribution in [3.05, 3.63) is 95.6 Å². The van der Waals surface area contributed by atoms with Gasteiger partial charge >= 0.3 is 0 Å². The first kappa shape index (κ1) is 25.6. The van der Waals surface area contributed by atoms with Gasteiger partial charge in [0.2, 0.25) is 0 Å². The lowest BCUT2D eigenvalue weighted by Crippen LogP contribution is -2.23. The van der Waals surface area contributed by atoms with E-state index in [0.717, 1.165) is 11.1 Å². The number of benzene rings is 3. The summed E-state index contributed by atoms with van der Waals surface area (Å²) in [5.74, 6) is 0.734. The Bertz CT molecular complexity index is 966. The van der Waals surface area contributed by atoms with Gasteiger partial charge in [0.1, 0.15) is 0 Å². The molecule has 0 N–H and O–H groups in total. The minimum atomic E-state index is 0.106. The van der Waals surface area contributed by atoms with Gasteiger partial charge in [0, 0.05) is 5.56 Å². The van der Waals surface area contributed by atoms with E-state index < -0.39 is 0 Å². The highest BCUT2D eigenvalue weighted by atomic mass is 16.1. The smallest absolute Gasteiger partial charge is 0.159 e. The van der Waals surface area contributed by atoms with Crippen molar-refractivity contribution in [2.24, 2.45) is 10.8 Å². The predicted molar refractivity (Wildman–Crippen MR) is 139 cm³/mol. The second-order valence-corrected chi connectivity index (χ2v) is 11.1. The highest BCUT2D eigenvalue weighted by Gasteiger charge is 2.30. The molecule has 0 fully saturated rings. The van der Waals surface area contributed by atoms with Crippen LogP contribution in [0.2, 0.25) is 0 Å². The number of Topliss-reactive ketones (excluding diaryl/α,β-unsaturated/α-hetero) is 1. The van der Waals surface area contributed by atoms with Gasteiger partial charge in [0.15, 0.2) is 5.78 Å². The van der Waals surface area contributed by atoms with Gasteiger partial charge in [-0.3, -0.25) is 4.79 Å². The largest absolute Gasteiger partial charge is 0.295 e. The van der Waals surface area contributed by atoms with Crippen molar-refractivity contribution in [1.82, 2.24) is 0 Å². The third-order valence-corrected chi connectivity index (χ3v) is 5.74. The van der Waals surface area contributed by atoms with E-state index in [2.05, 4.69) is 84.9 Å². The van der Waals surface area contributed by atoms with E-state index in [-0.39, 0.29) is 5.78 Å². The van der Waals surface area contributed by atoms with Crippen LogP contribution < -0.4 is 0 Å². The van der Waals surface area contributed by atoms with Gasteiger partial charge in [0.05, 0.1) is 0 Å². The lowest BCUT2D eigenvalue weighted by molar-refractivity contribution is 0.101. The molecule has 1 unspecified atom stereocenters. The Labute approximate surface area is 195 Å². The zero-order valence-corrected chi connectivity index (χ0v) is 21.2. The van der Waals surface area contributed by atoms with Crippen molar-refractivity contribution in [2.45, 2.75) is 67.7 Å². The summed E-state index contributed by atoms with van der Waals surface area (Å²) in [6, 6.07) is 26.9. The maximum Gasteiger partial charge on any atom is 0.159 e. The molecule has 0 aromatic heterocycles. The third kappa shape index (κ3) is 8.11. The van der Waals surface area contributed by atoms with Crippen LogP contribution in [0, 0.1) is 17.8 Å². The molecule has 0 spiro atoms. The minimum Gasteiger partial charge on any atom is -0.295 e. The highest BCUT2D eigenvalue weighted by Crippen LogP contribution is 2.42. The molecule has 0 bridgehead atoms. The molecular weight excluding hydrogens is 388 g/mol. The lowest BCUT2D eigenvalue weighted by atomic mass is 9.69. The number of hydrogen-bond donors (Lipinski definition) is 0. The summed E-state index contributed by atoms with van der Waals surface area (Å²) in [5.41, 5.74) is 6.60. The fourth-order valence-corrected chi connectivity index (χ4v) is 3.86. The van der Waals surface area contributed by atoms with Crippen molar-refractivity contribution < 1.29 is 4.79 Å². The molecule has 3 aromatic carbocycles. The van der Waals surface area contributed by atoms with Crippen LogP contribution in [0.1, 0.15) is 82.3 Å². The van der Waals surface area contributed by atoms with E-state index in [1.54, 1.807) is 6.92 Å². The minimum absolute atomic E-state index is 0.106. The van der Waals surface area contributed by atoms with E-state index in [1.807, 2.05) is 42.5 Å². The van der Waals surface area contributed by atoms with Gasteiger partial charge in [-0.05, 0) is 53.7 Å². The molecule has 32 heavy (non-hydrogen) atoms. The topological polar surface area (TPSA) is 17.1 Å². The Morgan fingerprint density at radius 2 is 1.22 bits per heavy atom. The van der Waals surface area contributed by atoms with Crippen molar-refractivity contribution in [3.63, 3.8) is 0 Å². The van der Waals surface area contributed by atoms with E-state index in [9.17, 15) is 4.79 Å². The van der Waals surface area contributed by atoms with Gasteiger partial charge in [-0.15, -0.1) is 0 Å². The molecule has 0 aliphatic heterocycles. The Morgan fingerprint density at radius 3 is 1.66 bits per heavy atom. The highest BCUT2D eigenvalue weighted by molar-refractivity contribution is 5.94. The van der Waals surface area contributed by atoms with Gasteiger partial charge in [0.25, 0.3) is 0 Å². The van der Waals surface area contributed by atoms with Crippen LogP contribution in [0.15, 0.2) is 78.9 Å². The molecule has 0 amide bonds. The third-order valence-electron chi connectivity index (χ3n) is 5.74. The van der Waals surface area contributed by atoms with Crippen LogP contribution >= 0.6 is 0 Å². The second kappa shape index (κ2) is 10.8. The zero-order chi connectivity index (χ0) is 23.9. The van der Waals surface area contributed by atoms with E-state index in [0.29, 0.717) is 16.7 Å². The molecule has 0 aliphatic carbocycles. The van der Waals surface area contributed by atoms with Gasteiger partial charge in [-0.25, -0.2) is 0 Å². The maximum atomic E-state index is 11.1. The first-order chi connectivity index (χ1) is 14.9. The molecule has 3 rings (SSSR count). The first-order valence-electron chi connectivity index (χ1n) is 11.6. The van der Waals surface area contributed by atoms with Crippen LogP contribution in [0.4, 0.5) is 0 Å². The molecule has 1 heteroatoms. The summed E-state index contributed by atoms with van der Waals surface area (Å²) in [7, 11) is 0. The van der Waals surface area contributed by atoms with Crippen molar-refractivity contribution in [3.8, 4) is 11.1 Å². The Balaban J connectivity index is 0.000000228. The summed E-state index contributed by atoms with van der Waals surface area (Å²) in [5, 5.41) is 0. The van der Waals surface area contributed by atoms with E-state index in [4.69, 9.17) is 0 Å². The summed E-state index contributed by atoms with van der Waals surface area (Å²) < 4.78 is 0.